The Morgan fingerprint density at radius 2 is 1.75 bits per heavy atom. The summed E-state index contributed by atoms with van der Waals surface area (Å²) in [5.41, 5.74) is 1.13. The Morgan fingerprint density at radius 3 is 2.46 bits per heavy atom. The van der Waals surface area contributed by atoms with E-state index in [1.165, 1.54) is 12.1 Å². The second-order valence-electron chi connectivity index (χ2n) is 8.12. The van der Waals surface area contributed by atoms with Gasteiger partial charge in [-0.25, -0.2) is 18.2 Å². The molecule has 2 aromatic rings. The third-order valence-electron chi connectivity index (χ3n) is 6.03. The molecule has 0 radical (unpaired) electrons. The minimum atomic E-state index is -2.60. The van der Waals surface area contributed by atoms with E-state index >= 15 is 0 Å². The van der Waals surface area contributed by atoms with Crippen molar-refractivity contribution in [2.45, 2.75) is 44.6 Å². The zero-order chi connectivity index (χ0) is 19.7. The summed E-state index contributed by atoms with van der Waals surface area (Å²) < 4.78 is 42.7. The van der Waals surface area contributed by atoms with E-state index in [4.69, 9.17) is 11.6 Å². The van der Waals surface area contributed by atoms with Crippen LogP contribution < -0.4 is 0 Å². The van der Waals surface area contributed by atoms with Crippen LogP contribution in [0.2, 0.25) is 5.02 Å². The predicted molar refractivity (Wildman–Crippen MR) is 104 cm³/mol. The summed E-state index contributed by atoms with van der Waals surface area (Å²) in [5.74, 6) is -2.74. The van der Waals surface area contributed by atoms with Crippen molar-refractivity contribution in [3.05, 3.63) is 28.8 Å². The lowest BCUT2D eigenvalue weighted by atomic mass is 9.84. The monoisotopic (exact) mass is 414 g/mol. The van der Waals surface area contributed by atoms with Gasteiger partial charge >= 0.3 is 0 Å². The Kier molecular flexibility index (Phi) is 5.86. The first-order chi connectivity index (χ1) is 13.4. The van der Waals surface area contributed by atoms with Crippen LogP contribution in [0, 0.1) is 11.7 Å². The van der Waals surface area contributed by atoms with Crippen molar-refractivity contribution in [2.75, 3.05) is 32.7 Å². The van der Waals surface area contributed by atoms with Crippen LogP contribution in [-0.4, -0.2) is 58.4 Å². The van der Waals surface area contributed by atoms with Gasteiger partial charge in [0.05, 0.1) is 23.6 Å². The molecule has 2 heterocycles. The molecule has 4 nitrogen and oxygen atoms in total. The molecule has 1 N–H and O–H groups in total. The highest BCUT2D eigenvalue weighted by atomic mass is 35.5. The maximum Gasteiger partial charge on any atom is 0.263 e. The molecule has 0 amide bonds. The highest BCUT2D eigenvalue weighted by molar-refractivity contribution is 6.34. The molecule has 0 bridgehead atoms. The van der Waals surface area contributed by atoms with Crippen LogP contribution in [0.3, 0.4) is 0 Å². The smallest absolute Gasteiger partial charge is 0.263 e. The van der Waals surface area contributed by atoms with Gasteiger partial charge < -0.3 is 4.98 Å². The van der Waals surface area contributed by atoms with Gasteiger partial charge in [-0.1, -0.05) is 30.9 Å². The lowest BCUT2D eigenvalue weighted by Gasteiger charge is -2.38. The van der Waals surface area contributed by atoms with Crippen molar-refractivity contribution in [2.24, 2.45) is 5.92 Å². The number of fused-ring (bicyclic) bond motifs is 1. The van der Waals surface area contributed by atoms with Gasteiger partial charge in [0.25, 0.3) is 5.92 Å². The SMILES string of the molecule is Fc1cc(Cl)c2nc(CN3CCN(CC(F)(F)C4CCCCC4)CC3)[nH]c2c1. The zero-order valence-electron chi connectivity index (χ0n) is 15.9. The van der Waals surface area contributed by atoms with Crippen LogP contribution in [-0.2, 0) is 6.54 Å². The second kappa shape index (κ2) is 8.20. The van der Waals surface area contributed by atoms with E-state index in [1.54, 1.807) is 0 Å². The molecular formula is C20H26ClF3N4. The first-order valence-electron chi connectivity index (χ1n) is 10.1. The maximum absolute atomic E-state index is 14.6. The van der Waals surface area contributed by atoms with E-state index in [9.17, 15) is 13.2 Å². The number of nitrogens with one attached hydrogen (secondary N) is 1. The molecule has 1 aliphatic carbocycles. The average molecular weight is 415 g/mol. The fourth-order valence-corrected chi connectivity index (χ4v) is 4.69. The highest BCUT2D eigenvalue weighted by Crippen LogP contribution is 2.37. The van der Waals surface area contributed by atoms with Crippen molar-refractivity contribution in [3.63, 3.8) is 0 Å². The van der Waals surface area contributed by atoms with E-state index in [-0.39, 0.29) is 11.6 Å². The quantitative estimate of drug-likeness (QED) is 0.771. The standard InChI is InChI=1S/C20H26ClF3N4/c21-16-10-15(22)11-17-19(16)26-18(25-17)12-27-6-8-28(9-7-27)13-20(23,24)14-4-2-1-3-5-14/h10-11,14H,1-9,12-13H2,(H,25,26). The summed E-state index contributed by atoms with van der Waals surface area (Å²) in [4.78, 5) is 11.6. The van der Waals surface area contributed by atoms with Crippen LogP contribution in [0.5, 0.6) is 0 Å². The number of aromatic nitrogens is 2. The van der Waals surface area contributed by atoms with Gasteiger partial charge in [-0.3, -0.25) is 9.80 Å². The first-order valence-corrected chi connectivity index (χ1v) is 10.4. The number of aromatic amines is 1. The normalized spacial score (nSPS) is 20.9. The first kappa shape index (κ1) is 20.0. The molecule has 0 unspecified atom stereocenters. The maximum atomic E-state index is 14.6. The second-order valence-corrected chi connectivity index (χ2v) is 8.52. The van der Waals surface area contributed by atoms with E-state index in [2.05, 4.69) is 14.9 Å². The van der Waals surface area contributed by atoms with Crippen molar-refractivity contribution < 1.29 is 13.2 Å². The predicted octanol–water partition coefficient (Wildman–Crippen LogP) is 4.69. The summed E-state index contributed by atoms with van der Waals surface area (Å²) in [6.07, 6.45) is 4.26. The lowest BCUT2D eigenvalue weighted by Crippen LogP contribution is -2.51. The topological polar surface area (TPSA) is 35.2 Å². The van der Waals surface area contributed by atoms with Crippen LogP contribution in [0.15, 0.2) is 12.1 Å². The van der Waals surface area contributed by atoms with Crippen molar-refractivity contribution in [1.29, 1.82) is 0 Å². The molecule has 2 aliphatic rings. The Labute approximate surface area is 168 Å². The van der Waals surface area contributed by atoms with Gasteiger partial charge in [0.15, 0.2) is 0 Å². The molecule has 4 rings (SSSR count). The van der Waals surface area contributed by atoms with Crippen LogP contribution in [0.4, 0.5) is 13.2 Å². The Hall–Kier alpha value is -1.31. The van der Waals surface area contributed by atoms with Crippen molar-refractivity contribution >= 4 is 22.6 Å². The number of piperazine rings is 1. The average Bonchev–Trinajstić information content (AvgIpc) is 3.06. The largest absolute Gasteiger partial charge is 0.341 e. The molecule has 28 heavy (non-hydrogen) atoms. The summed E-state index contributed by atoms with van der Waals surface area (Å²) >= 11 is 6.05. The minimum absolute atomic E-state index is 0.134. The van der Waals surface area contributed by atoms with E-state index in [0.29, 0.717) is 62.4 Å². The van der Waals surface area contributed by atoms with Crippen molar-refractivity contribution in [3.8, 4) is 0 Å². The summed E-state index contributed by atoms with van der Waals surface area (Å²) in [5, 5.41) is 0.285. The molecule has 8 heteroatoms. The molecule has 1 saturated carbocycles. The van der Waals surface area contributed by atoms with Gasteiger partial charge in [-0.15, -0.1) is 0 Å². The molecule has 154 valence electrons. The molecule has 0 spiro atoms. The number of benzene rings is 1. The Balaban J connectivity index is 1.31. The fraction of sp³-hybridized carbons (Fsp3) is 0.650. The summed E-state index contributed by atoms with van der Waals surface area (Å²) in [6, 6.07) is 2.63. The highest BCUT2D eigenvalue weighted by Gasteiger charge is 2.41. The number of nitrogens with zero attached hydrogens (tertiary/aromatic N) is 3. The molecular weight excluding hydrogens is 389 g/mol. The molecule has 1 aromatic carbocycles. The number of rotatable bonds is 5. The third kappa shape index (κ3) is 4.47. The van der Waals surface area contributed by atoms with E-state index in [1.807, 2.05) is 4.90 Å². The molecule has 1 aromatic heterocycles. The van der Waals surface area contributed by atoms with Gasteiger partial charge in [-0.05, 0) is 25.0 Å². The third-order valence-corrected chi connectivity index (χ3v) is 6.32. The van der Waals surface area contributed by atoms with Crippen LogP contribution in [0.25, 0.3) is 11.0 Å². The number of halogens is 4. The minimum Gasteiger partial charge on any atom is -0.341 e. The Bertz CT molecular complexity index is 811. The number of imidazole rings is 1. The van der Waals surface area contributed by atoms with E-state index < -0.39 is 17.7 Å². The van der Waals surface area contributed by atoms with E-state index in [0.717, 1.165) is 19.3 Å². The van der Waals surface area contributed by atoms with Crippen LogP contribution in [0.1, 0.15) is 37.9 Å². The van der Waals surface area contributed by atoms with Crippen LogP contribution >= 0.6 is 11.6 Å². The molecule has 1 saturated heterocycles. The van der Waals surface area contributed by atoms with Crippen molar-refractivity contribution in [1.82, 2.24) is 19.8 Å². The number of H-pyrrole nitrogens is 1. The van der Waals surface area contributed by atoms with Gasteiger partial charge in [-0.2, -0.15) is 0 Å². The summed E-state index contributed by atoms with van der Waals surface area (Å²) in [6.45, 7) is 3.10. The zero-order valence-corrected chi connectivity index (χ0v) is 16.6. The number of hydrogen-bond acceptors (Lipinski definition) is 3. The van der Waals surface area contributed by atoms with Gasteiger partial charge in [0, 0.05) is 32.1 Å². The number of hydrogen-bond donors (Lipinski definition) is 1. The fourth-order valence-electron chi connectivity index (χ4n) is 4.44. The molecule has 0 atom stereocenters. The van der Waals surface area contributed by atoms with Gasteiger partial charge in [0.2, 0.25) is 0 Å². The molecule has 2 fully saturated rings. The van der Waals surface area contributed by atoms with Gasteiger partial charge in [0.1, 0.15) is 17.2 Å². The Morgan fingerprint density at radius 1 is 1.07 bits per heavy atom. The lowest BCUT2D eigenvalue weighted by molar-refractivity contribution is -0.0978. The summed E-state index contributed by atoms with van der Waals surface area (Å²) in [7, 11) is 0. The molecule has 1 aliphatic heterocycles. The number of alkyl halides is 2.